The summed E-state index contributed by atoms with van der Waals surface area (Å²) in [4.78, 5) is 15.5. The molecule has 1 fully saturated rings. The van der Waals surface area contributed by atoms with E-state index in [4.69, 9.17) is 0 Å². The summed E-state index contributed by atoms with van der Waals surface area (Å²) < 4.78 is 0. The van der Waals surface area contributed by atoms with E-state index in [-0.39, 0.29) is 0 Å². The van der Waals surface area contributed by atoms with E-state index in [0.29, 0.717) is 24.2 Å². The highest BCUT2D eigenvalue weighted by Gasteiger charge is 2.24. The van der Waals surface area contributed by atoms with E-state index in [0.717, 1.165) is 25.9 Å². The standard InChI is InChI=1S/C14H21NOS/c1-11(2)10-14(16)15-7-5-12(6-8-15)13-4-3-9-17-13/h3-4,9,11-12H,5-8,10H2,1-2H3. The van der Waals surface area contributed by atoms with Crippen LogP contribution in [0, 0.1) is 5.92 Å². The molecule has 1 aromatic rings. The molecule has 3 heteroatoms. The van der Waals surface area contributed by atoms with E-state index in [9.17, 15) is 4.79 Å². The number of piperidine rings is 1. The highest BCUT2D eigenvalue weighted by molar-refractivity contribution is 7.10. The lowest BCUT2D eigenvalue weighted by Crippen LogP contribution is -2.38. The van der Waals surface area contributed by atoms with Gasteiger partial charge in [0.15, 0.2) is 0 Å². The molecule has 0 spiro atoms. The Morgan fingerprint density at radius 2 is 2.18 bits per heavy atom. The van der Waals surface area contributed by atoms with Crippen molar-refractivity contribution in [3.63, 3.8) is 0 Å². The number of carbonyl (C=O) groups is 1. The van der Waals surface area contributed by atoms with Crippen LogP contribution in [0.2, 0.25) is 0 Å². The fourth-order valence-corrected chi connectivity index (χ4v) is 3.31. The summed E-state index contributed by atoms with van der Waals surface area (Å²) in [6, 6.07) is 4.34. The van der Waals surface area contributed by atoms with Gasteiger partial charge in [0, 0.05) is 24.4 Å². The van der Waals surface area contributed by atoms with E-state index in [1.807, 2.05) is 16.2 Å². The fourth-order valence-electron chi connectivity index (χ4n) is 2.42. The lowest BCUT2D eigenvalue weighted by atomic mass is 9.95. The predicted octanol–water partition coefficient (Wildman–Crippen LogP) is 3.50. The van der Waals surface area contributed by atoms with Crippen molar-refractivity contribution in [2.45, 2.75) is 39.0 Å². The summed E-state index contributed by atoms with van der Waals surface area (Å²) in [5.74, 6) is 1.49. The predicted molar refractivity (Wildman–Crippen MR) is 72.3 cm³/mol. The molecule has 2 nitrogen and oxygen atoms in total. The maximum absolute atomic E-state index is 11.9. The largest absolute Gasteiger partial charge is 0.343 e. The van der Waals surface area contributed by atoms with Crippen LogP contribution in [0.15, 0.2) is 17.5 Å². The van der Waals surface area contributed by atoms with Crippen molar-refractivity contribution < 1.29 is 4.79 Å². The zero-order valence-electron chi connectivity index (χ0n) is 10.7. The maximum Gasteiger partial charge on any atom is 0.222 e. The summed E-state index contributed by atoms with van der Waals surface area (Å²) in [7, 11) is 0. The van der Waals surface area contributed by atoms with Crippen molar-refractivity contribution >= 4 is 17.2 Å². The number of carbonyl (C=O) groups excluding carboxylic acids is 1. The van der Waals surface area contributed by atoms with Gasteiger partial charge in [-0.1, -0.05) is 19.9 Å². The zero-order valence-corrected chi connectivity index (χ0v) is 11.5. The molecular formula is C14H21NOS. The highest BCUT2D eigenvalue weighted by Crippen LogP contribution is 2.31. The molecule has 94 valence electrons. The molecule has 1 aliphatic heterocycles. The SMILES string of the molecule is CC(C)CC(=O)N1CCC(c2cccs2)CC1. The van der Waals surface area contributed by atoms with Crippen LogP contribution in [0.25, 0.3) is 0 Å². The van der Waals surface area contributed by atoms with Crippen LogP contribution in [0.5, 0.6) is 0 Å². The first kappa shape index (κ1) is 12.6. The van der Waals surface area contributed by atoms with Crippen LogP contribution < -0.4 is 0 Å². The van der Waals surface area contributed by atoms with Crippen LogP contribution in [0.3, 0.4) is 0 Å². The van der Waals surface area contributed by atoms with Crippen molar-refractivity contribution in [2.75, 3.05) is 13.1 Å². The first-order chi connectivity index (χ1) is 8.16. The minimum absolute atomic E-state index is 0.338. The number of likely N-dealkylation sites (tertiary alicyclic amines) is 1. The molecule has 1 aromatic heterocycles. The molecule has 0 bridgehead atoms. The number of thiophene rings is 1. The average molecular weight is 251 g/mol. The summed E-state index contributed by atoms with van der Waals surface area (Å²) in [6.45, 7) is 6.09. The molecule has 2 heterocycles. The van der Waals surface area contributed by atoms with Crippen molar-refractivity contribution in [3.8, 4) is 0 Å². The van der Waals surface area contributed by atoms with E-state index in [1.165, 1.54) is 4.88 Å². The Balaban J connectivity index is 1.84. The molecule has 1 amide bonds. The van der Waals surface area contributed by atoms with Gasteiger partial charge in [0.2, 0.25) is 5.91 Å². The van der Waals surface area contributed by atoms with Crippen molar-refractivity contribution in [3.05, 3.63) is 22.4 Å². The van der Waals surface area contributed by atoms with Gasteiger partial charge in [-0.15, -0.1) is 11.3 Å². The molecule has 0 atom stereocenters. The van der Waals surface area contributed by atoms with Crippen LogP contribution in [0.1, 0.15) is 43.9 Å². The second-order valence-electron chi connectivity index (χ2n) is 5.27. The van der Waals surface area contributed by atoms with Crippen molar-refractivity contribution in [1.29, 1.82) is 0 Å². The van der Waals surface area contributed by atoms with Crippen LogP contribution in [-0.2, 0) is 4.79 Å². The third-order valence-electron chi connectivity index (χ3n) is 3.38. The number of amides is 1. The topological polar surface area (TPSA) is 20.3 Å². The molecule has 0 aromatic carbocycles. The number of rotatable bonds is 3. The summed E-state index contributed by atoms with van der Waals surface area (Å²) in [6.07, 6.45) is 2.96. The molecule has 17 heavy (non-hydrogen) atoms. The monoisotopic (exact) mass is 251 g/mol. The Labute approximate surface area is 108 Å². The molecular weight excluding hydrogens is 230 g/mol. The second kappa shape index (κ2) is 5.67. The minimum atomic E-state index is 0.338. The Bertz CT molecular complexity index is 350. The Kier molecular flexibility index (Phi) is 4.21. The normalized spacial score (nSPS) is 17.7. The zero-order chi connectivity index (χ0) is 12.3. The molecule has 0 unspecified atom stereocenters. The average Bonchev–Trinajstić information content (AvgIpc) is 2.82. The van der Waals surface area contributed by atoms with E-state index in [1.54, 1.807) is 0 Å². The Morgan fingerprint density at radius 3 is 2.71 bits per heavy atom. The maximum atomic E-state index is 11.9. The first-order valence-electron chi connectivity index (χ1n) is 6.48. The van der Waals surface area contributed by atoms with Crippen LogP contribution >= 0.6 is 11.3 Å². The van der Waals surface area contributed by atoms with Crippen molar-refractivity contribution in [2.24, 2.45) is 5.92 Å². The van der Waals surface area contributed by atoms with Gasteiger partial charge in [0.25, 0.3) is 0 Å². The summed E-state index contributed by atoms with van der Waals surface area (Å²) in [5.41, 5.74) is 0. The molecule has 0 N–H and O–H groups in total. The van der Waals surface area contributed by atoms with Gasteiger partial charge in [-0.05, 0) is 36.1 Å². The molecule has 1 aliphatic rings. The van der Waals surface area contributed by atoms with Gasteiger partial charge >= 0.3 is 0 Å². The Hall–Kier alpha value is -0.830. The molecule has 0 radical (unpaired) electrons. The van der Waals surface area contributed by atoms with Gasteiger partial charge < -0.3 is 4.90 Å². The number of hydrogen-bond acceptors (Lipinski definition) is 2. The molecule has 0 aliphatic carbocycles. The molecule has 0 saturated carbocycles. The lowest BCUT2D eigenvalue weighted by molar-refractivity contribution is -0.133. The van der Waals surface area contributed by atoms with Gasteiger partial charge in [-0.25, -0.2) is 0 Å². The van der Waals surface area contributed by atoms with Crippen LogP contribution in [-0.4, -0.2) is 23.9 Å². The van der Waals surface area contributed by atoms with Gasteiger partial charge in [-0.2, -0.15) is 0 Å². The molecule has 2 rings (SSSR count). The lowest BCUT2D eigenvalue weighted by Gasteiger charge is -2.32. The van der Waals surface area contributed by atoms with E-state index >= 15 is 0 Å². The van der Waals surface area contributed by atoms with Gasteiger partial charge in [0.05, 0.1) is 0 Å². The quantitative estimate of drug-likeness (QED) is 0.805. The number of nitrogens with zero attached hydrogens (tertiary/aromatic N) is 1. The Morgan fingerprint density at radius 1 is 1.47 bits per heavy atom. The smallest absolute Gasteiger partial charge is 0.222 e. The van der Waals surface area contributed by atoms with Gasteiger partial charge in [0.1, 0.15) is 0 Å². The first-order valence-corrected chi connectivity index (χ1v) is 7.36. The third kappa shape index (κ3) is 3.32. The highest BCUT2D eigenvalue weighted by atomic mass is 32.1. The second-order valence-corrected chi connectivity index (χ2v) is 6.25. The van der Waals surface area contributed by atoms with Crippen LogP contribution in [0.4, 0.5) is 0 Å². The third-order valence-corrected chi connectivity index (χ3v) is 4.41. The summed E-state index contributed by atoms with van der Waals surface area (Å²) in [5, 5.41) is 2.14. The number of hydrogen-bond donors (Lipinski definition) is 0. The van der Waals surface area contributed by atoms with E-state index < -0.39 is 0 Å². The van der Waals surface area contributed by atoms with E-state index in [2.05, 4.69) is 31.4 Å². The fraction of sp³-hybridized carbons (Fsp3) is 0.643. The minimum Gasteiger partial charge on any atom is -0.343 e. The van der Waals surface area contributed by atoms with Gasteiger partial charge in [-0.3, -0.25) is 4.79 Å². The summed E-state index contributed by atoms with van der Waals surface area (Å²) >= 11 is 1.85. The molecule has 1 saturated heterocycles. The van der Waals surface area contributed by atoms with Crippen molar-refractivity contribution in [1.82, 2.24) is 4.90 Å².